The van der Waals surface area contributed by atoms with Gasteiger partial charge in [0.15, 0.2) is 5.13 Å². The van der Waals surface area contributed by atoms with E-state index in [0.717, 1.165) is 16.2 Å². The van der Waals surface area contributed by atoms with Crippen LogP contribution in [0.15, 0.2) is 30.5 Å². The van der Waals surface area contributed by atoms with Crippen molar-refractivity contribution in [3.8, 4) is 5.75 Å². The largest absolute Gasteiger partial charge is 0.494 e. The fourth-order valence-corrected chi connectivity index (χ4v) is 2.23. The molecule has 0 saturated heterocycles. The van der Waals surface area contributed by atoms with E-state index < -0.39 is 6.10 Å². The number of aliphatic hydroxyl groups excluding tert-OH is 1. The quantitative estimate of drug-likeness (QED) is 0.873. The summed E-state index contributed by atoms with van der Waals surface area (Å²) in [6.07, 6.45) is 0.892. The van der Waals surface area contributed by atoms with Gasteiger partial charge in [0.1, 0.15) is 11.9 Å². The molecule has 0 aliphatic rings. The van der Waals surface area contributed by atoms with E-state index in [1.54, 1.807) is 6.20 Å². The van der Waals surface area contributed by atoms with E-state index in [0.29, 0.717) is 11.7 Å². The summed E-state index contributed by atoms with van der Waals surface area (Å²) < 4.78 is 5.39. The lowest BCUT2D eigenvalue weighted by Crippen LogP contribution is -1.98. The topological polar surface area (TPSA) is 68.4 Å². The lowest BCUT2D eigenvalue weighted by molar-refractivity contribution is 0.223. The van der Waals surface area contributed by atoms with Crippen molar-refractivity contribution in [1.82, 2.24) is 4.98 Å². The molecule has 0 fully saturated rings. The first kappa shape index (κ1) is 11.9. The van der Waals surface area contributed by atoms with E-state index >= 15 is 0 Å². The van der Waals surface area contributed by atoms with Crippen LogP contribution in [0.5, 0.6) is 5.75 Å². The maximum absolute atomic E-state index is 10.2. The first-order chi connectivity index (χ1) is 8.20. The van der Waals surface area contributed by atoms with Crippen LogP contribution in [-0.2, 0) is 0 Å². The number of nitrogen functional groups attached to an aromatic ring is 1. The molecule has 0 saturated carbocycles. The van der Waals surface area contributed by atoms with Crippen LogP contribution in [0.4, 0.5) is 5.13 Å². The minimum absolute atomic E-state index is 0.458. The highest BCUT2D eigenvalue weighted by Gasteiger charge is 2.13. The summed E-state index contributed by atoms with van der Waals surface area (Å²) in [5.41, 5.74) is 6.32. The Morgan fingerprint density at radius 2 is 2.35 bits per heavy atom. The molecular weight excluding hydrogens is 236 g/mol. The van der Waals surface area contributed by atoms with Crippen molar-refractivity contribution in [2.24, 2.45) is 0 Å². The van der Waals surface area contributed by atoms with Gasteiger partial charge in [0.25, 0.3) is 0 Å². The van der Waals surface area contributed by atoms with Crippen LogP contribution in [0.2, 0.25) is 0 Å². The van der Waals surface area contributed by atoms with Crippen LogP contribution in [0, 0.1) is 0 Å². The summed E-state index contributed by atoms with van der Waals surface area (Å²) in [4.78, 5) is 4.66. The van der Waals surface area contributed by atoms with Gasteiger partial charge in [-0.3, -0.25) is 0 Å². The second-order valence-corrected chi connectivity index (χ2v) is 4.60. The molecule has 4 nitrogen and oxygen atoms in total. The van der Waals surface area contributed by atoms with Crippen LogP contribution in [-0.4, -0.2) is 16.7 Å². The SMILES string of the molecule is CCOc1cccc(C(O)c2cnc(N)s2)c1. The molecule has 1 atom stereocenters. The van der Waals surface area contributed by atoms with E-state index in [1.165, 1.54) is 11.3 Å². The van der Waals surface area contributed by atoms with Gasteiger partial charge in [-0.15, -0.1) is 0 Å². The van der Waals surface area contributed by atoms with Crippen LogP contribution >= 0.6 is 11.3 Å². The molecule has 0 spiro atoms. The summed E-state index contributed by atoms with van der Waals surface area (Å²) in [7, 11) is 0. The fraction of sp³-hybridized carbons (Fsp3) is 0.250. The van der Waals surface area contributed by atoms with Crippen molar-refractivity contribution in [3.05, 3.63) is 40.9 Å². The van der Waals surface area contributed by atoms with Crippen molar-refractivity contribution in [1.29, 1.82) is 0 Å². The zero-order chi connectivity index (χ0) is 12.3. The van der Waals surface area contributed by atoms with E-state index in [-0.39, 0.29) is 0 Å². The minimum Gasteiger partial charge on any atom is -0.494 e. The van der Waals surface area contributed by atoms with Gasteiger partial charge in [0.05, 0.1) is 11.5 Å². The second-order valence-electron chi connectivity index (χ2n) is 3.51. The summed E-state index contributed by atoms with van der Waals surface area (Å²) in [5, 5.41) is 10.6. The molecule has 0 aliphatic heterocycles. The first-order valence-electron chi connectivity index (χ1n) is 5.32. The Balaban J connectivity index is 2.24. The van der Waals surface area contributed by atoms with Gasteiger partial charge in [-0.25, -0.2) is 4.98 Å². The molecule has 1 heterocycles. The van der Waals surface area contributed by atoms with Gasteiger partial charge < -0.3 is 15.6 Å². The second kappa shape index (κ2) is 5.16. The zero-order valence-electron chi connectivity index (χ0n) is 9.46. The van der Waals surface area contributed by atoms with Crippen molar-refractivity contribution < 1.29 is 9.84 Å². The number of nitrogens with zero attached hydrogens (tertiary/aromatic N) is 1. The maximum atomic E-state index is 10.2. The molecule has 90 valence electrons. The summed E-state index contributed by atoms with van der Waals surface area (Å²) in [5.74, 6) is 0.751. The molecule has 3 N–H and O–H groups in total. The predicted octanol–water partition coefficient (Wildman–Crippen LogP) is 2.21. The van der Waals surface area contributed by atoms with Crippen LogP contribution < -0.4 is 10.5 Å². The number of ether oxygens (including phenoxy) is 1. The molecule has 0 bridgehead atoms. The summed E-state index contributed by atoms with van der Waals surface area (Å²) >= 11 is 1.29. The number of hydrogen-bond donors (Lipinski definition) is 2. The van der Waals surface area contributed by atoms with Gasteiger partial charge in [-0.2, -0.15) is 0 Å². The number of aliphatic hydroxyl groups is 1. The molecular formula is C12H14N2O2S. The van der Waals surface area contributed by atoms with Gasteiger partial charge in [0.2, 0.25) is 0 Å². The van der Waals surface area contributed by atoms with Crippen LogP contribution in [0.3, 0.4) is 0 Å². The molecule has 1 unspecified atom stereocenters. The predicted molar refractivity (Wildman–Crippen MR) is 68.2 cm³/mol. The Morgan fingerprint density at radius 1 is 1.53 bits per heavy atom. The number of thiazole rings is 1. The third kappa shape index (κ3) is 2.75. The lowest BCUT2D eigenvalue weighted by atomic mass is 10.1. The number of benzene rings is 1. The molecule has 2 aromatic rings. The highest BCUT2D eigenvalue weighted by molar-refractivity contribution is 7.15. The van der Waals surface area contributed by atoms with E-state index in [2.05, 4.69) is 4.98 Å². The fourth-order valence-electron chi connectivity index (χ4n) is 1.53. The standard InChI is InChI=1S/C12H14N2O2S/c1-2-16-9-5-3-4-8(6-9)11(15)10-7-14-12(13)17-10/h3-7,11,15H,2H2,1H3,(H2,13,14). The number of nitrogens with two attached hydrogens (primary N) is 1. The molecule has 2 rings (SSSR count). The lowest BCUT2D eigenvalue weighted by Gasteiger charge is -2.10. The Hall–Kier alpha value is -1.59. The molecule has 1 aromatic heterocycles. The Morgan fingerprint density at radius 3 is 3.00 bits per heavy atom. The molecule has 5 heteroatoms. The van der Waals surface area contributed by atoms with E-state index in [1.807, 2.05) is 31.2 Å². The van der Waals surface area contributed by atoms with Crippen LogP contribution in [0.25, 0.3) is 0 Å². The molecule has 1 aromatic carbocycles. The molecule has 0 amide bonds. The molecule has 17 heavy (non-hydrogen) atoms. The van der Waals surface area contributed by atoms with Gasteiger partial charge in [-0.1, -0.05) is 23.5 Å². The van der Waals surface area contributed by atoms with Gasteiger partial charge >= 0.3 is 0 Å². The average molecular weight is 250 g/mol. The smallest absolute Gasteiger partial charge is 0.180 e. The summed E-state index contributed by atoms with van der Waals surface area (Å²) in [6, 6.07) is 7.39. The molecule has 0 aliphatic carbocycles. The number of aromatic nitrogens is 1. The Kier molecular flexibility index (Phi) is 3.61. The Bertz CT molecular complexity index is 499. The number of anilines is 1. The van der Waals surface area contributed by atoms with E-state index in [9.17, 15) is 5.11 Å². The van der Waals surface area contributed by atoms with Crippen molar-refractivity contribution >= 4 is 16.5 Å². The highest BCUT2D eigenvalue weighted by atomic mass is 32.1. The van der Waals surface area contributed by atoms with Crippen molar-refractivity contribution in [2.45, 2.75) is 13.0 Å². The van der Waals surface area contributed by atoms with Crippen molar-refractivity contribution in [3.63, 3.8) is 0 Å². The zero-order valence-corrected chi connectivity index (χ0v) is 10.3. The van der Waals surface area contributed by atoms with Crippen LogP contribution in [0.1, 0.15) is 23.5 Å². The molecule has 0 radical (unpaired) electrons. The summed E-state index contributed by atoms with van der Waals surface area (Å²) in [6.45, 7) is 2.53. The third-order valence-corrected chi connectivity index (χ3v) is 3.17. The van der Waals surface area contributed by atoms with Crippen molar-refractivity contribution in [2.75, 3.05) is 12.3 Å². The normalized spacial score (nSPS) is 12.4. The van der Waals surface area contributed by atoms with E-state index in [4.69, 9.17) is 10.5 Å². The number of rotatable bonds is 4. The van der Waals surface area contributed by atoms with Gasteiger partial charge in [-0.05, 0) is 24.6 Å². The minimum atomic E-state index is -0.704. The number of hydrogen-bond acceptors (Lipinski definition) is 5. The maximum Gasteiger partial charge on any atom is 0.180 e. The highest BCUT2D eigenvalue weighted by Crippen LogP contribution is 2.29. The van der Waals surface area contributed by atoms with Gasteiger partial charge in [0, 0.05) is 6.20 Å². The monoisotopic (exact) mass is 250 g/mol. The third-order valence-electron chi connectivity index (χ3n) is 2.30. The Labute approximate surface area is 104 Å². The first-order valence-corrected chi connectivity index (χ1v) is 6.14. The average Bonchev–Trinajstić information content (AvgIpc) is 2.76.